The molecule has 94 valence electrons. The van der Waals surface area contributed by atoms with Crippen molar-refractivity contribution in [3.05, 3.63) is 35.9 Å². The Morgan fingerprint density at radius 1 is 1.00 bits per heavy atom. The Morgan fingerprint density at radius 2 is 1.72 bits per heavy atom. The molecule has 0 spiro atoms. The molecule has 0 aliphatic carbocycles. The van der Waals surface area contributed by atoms with E-state index in [4.69, 9.17) is 4.98 Å². The van der Waals surface area contributed by atoms with Crippen LogP contribution in [0.5, 0.6) is 0 Å². The molecule has 0 bridgehead atoms. The van der Waals surface area contributed by atoms with Gasteiger partial charge in [-0.2, -0.15) is 0 Å². The second-order valence-electron chi connectivity index (χ2n) is 5.16. The molecular formula is C15H19N3. The molecule has 1 fully saturated rings. The summed E-state index contributed by atoms with van der Waals surface area (Å²) in [4.78, 5) is 9.53. The first-order valence-corrected chi connectivity index (χ1v) is 6.53. The van der Waals surface area contributed by atoms with Crippen LogP contribution in [0.2, 0.25) is 0 Å². The lowest BCUT2D eigenvalue weighted by Crippen LogP contribution is -2.44. The quantitative estimate of drug-likeness (QED) is 0.763. The summed E-state index contributed by atoms with van der Waals surface area (Å²) in [5.74, 6) is 1.11. The lowest BCUT2D eigenvalue weighted by Gasteiger charge is -2.33. The van der Waals surface area contributed by atoms with Crippen LogP contribution in [-0.2, 0) is 0 Å². The van der Waals surface area contributed by atoms with Gasteiger partial charge in [-0.1, -0.05) is 12.1 Å². The van der Waals surface area contributed by atoms with Gasteiger partial charge in [0.2, 0.25) is 0 Å². The molecule has 0 unspecified atom stereocenters. The Balaban J connectivity index is 1.92. The van der Waals surface area contributed by atoms with Gasteiger partial charge in [0, 0.05) is 31.6 Å². The normalized spacial score (nSPS) is 17.3. The van der Waals surface area contributed by atoms with E-state index >= 15 is 0 Å². The van der Waals surface area contributed by atoms with Gasteiger partial charge in [-0.25, -0.2) is 4.98 Å². The maximum absolute atomic E-state index is 4.79. The fourth-order valence-electron chi connectivity index (χ4n) is 2.43. The number of aromatic nitrogens is 1. The highest BCUT2D eigenvalue weighted by atomic mass is 15.3. The van der Waals surface area contributed by atoms with Crippen molar-refractivity contribution >= 4 is 16.7 Å². The number of fused-ring (bicyclic) bond motifs is 1. The monoisotopic (exact) mass is 241 g/mol. The number of anilines is 1. The first-order chi connectivity index (χ1) is 8.72. The van der Waals surface area contributed by atoms with Crippen LogP contribution in [0.25, 0.3) is 10.9 Å². The number of rotatable bonds is 1. The first kappa shape index (κ1) is 11.5. The number of hydrogen-bond acceptors (Lipinski definition) is 3. The van der Waals surface area contributed by atoms with E-state index in [-0.39, 0.29) is 0 Å². The molecular weight excluding hydrogens is 222 g/mol. The number of pyridine rings is 1. The van der Waals surface area contributed by atoms with Crippen LogP contribution in [0.15, 0.2) is 30.3 Å². The number of aryl methyl sites for hydroxylation is 1. The van der Waals surface area contributed by atoms with Crippen molar-refractivity contribution in [2.45, 2.75) is 6.92 Å². The Labute approximate surface area is 108 Å². The minimum absolute atomic E-state index is 1.07. The fraction of sp³-hybridized carbons (Fsp3) is 0.400. The maximum atomic E-state index is 4.79. The van der Waals surface area contributed by atoms with E-state index in [1.165, 1.54) is 10.9 Å². The molecule has 3 rings (SSSR count). The van der Waals surface area contributed by atoms with Crippen LogP contribution in [0.3, 0.4) is 0 Å². The summed E-state index contributed by atoms with van der Waals surface area (Å²) in [6.07, 6.45) is 0. The number of nitrogens with zero attached hydrogens (tertiary/aromatic N) is 3. The number of hydrogen-bond donors (Lipinski definition) is 0. The van der Waals surface area contributed by atoms with E-state index in [0.29, 0.717) is 0 Å². The minimum Gasteiger partial charge on any atom is -0.354 e. The Hall–Kier alpha value is -1.61. The zero-order chi connectivity index (χ0) is 12.5. The third kappa shape index (κ3) is 2.18. The SMILES string of the molecule is Cc1ccc2ccc(N3CCN(C)CC3)nc2c1. The van der Waals surface area contributed by atoms with E-state index in [0.717, 1.165) is 37.5 Å². The van der Waals surface area contributed by atoms with Gasteiger partial charge in [0.1, 0.15) is 5.82 Å². The average Bonchev–Trinajstić information content (AvgIpc) is 2.38. The van der Waals surface area contributed by atoms with Gasteiger partial charge in [-0.15, -0.1) is 0 Å². The lowest BCUT2D eigenvalue weighted by atomic mass is 10.1. The number of piperazine rings is 1. The Kier molecular flexibility index (Phi) is 2.92. The van der Waals surface area contributed by atoms with Gasteiger partial charge in [0.15, 0.2) is 0 Å². The third-order valence-corrected chi connectivity index (χ3v) is 3.66. The molecule has 1 aliphatic heterocycles. The standard InChI is InChI=1S/C15H19N3/c1-12-3-4-13-5-6-15(16-14(13)11-12)18-9-7-17(2)8-10-18/h3-6,11H,7-10H2,1-2H3. The molecule has 2 heterocycles. The molecule has 3 nitrogen and oxygen atoms in total. The highest BCUT2D eigenvalue weighted by Gasteiger charge is 2.15. The molecule has 0 saturated carbocycles. The largest absolute Gasteiger partial charge is 0.354 e. The molecule has 0 radical (unpaired) electrons. The fourth-order valence-corrected chi connectivity index (χ4v) is 2.43. The topological polar surface area (TPSA) is 19.4 Å². The molecule has 0 amide bonds. The number of likely N-dealkylation sites (N-methyl/N-ethyl adjacent to an activating group) is 1. The smallest absolute Gasteiger partial charge is 0.129 e. The summed E-state index contributed by atoms with van der Waals surface area (Å²) in [5, 5.41) is 1.22. The predicted octanol–water partition coefficient (Wildman–Crippen LogP) is 2.30. The molecule has 1 aliphatic rings. The van der Waals surface area contributed by atoms with Crippen LogP contribution in [-0.4, -0.2) is 43.1 Å². The van der Waals surface area contributed by atoms with Gasteiger partial charge >= 0.3 is 0 Å². The highest BCUT2D eigenvalue weighted by molar-refractivity contribution is 5.81. The average molecular weight is 241 g/mol. The molecule has 0 N–H and O–H groups in total. The summed E-state index contributed by atoms with van der Waals surface area (Å²) in [6.45, 7) is 6.49. The van der Waals surface area contributed by atoms with Crippen molar-refractivity contribution in [3.63, 3.8) is 0 Å². The van der Waals surface area contributed by atoms with Crippen LogP contribution in [0, 0.1) is 6.92 Å². The van der Waals surface area contributed by atoms with E-state index in [2.05, 4.69) is 54.1 Å². The zero-order valence-electron chi connectivity index (χ0n) is 11.1. The maximum Gasteiger partial charge on any atom is 0.129 e. The molecule has 1 saturated heterocycles. The van der Waals surface area contributed by atoms with E-state index in [1.54, 1.807) is 0 Å². The van der Waals surface area contributed by atoms with Gasteiger partial charge < -0.3 is 9.80 Å². The summed E-state index contributed by atoms with van der Waals surface area (Å²) in [6, 6.07) is 10.8. The lowest BCUT2D eigenvalue weighted by molar-refractivity contribution is 0.312. The van der Waals surface area contributed by atoms with Crippen molar-refractivity contribution in [2.24, 2.45) is 0 Å². The molecule has 2 aromatic rings. The predicted molar refractivity (Wildman–Crippen MR) is 76.2 cm³/mol. The molecule has 18 heavy (non-hydrogen) atoms. The minimum atomic E-state index is 1.07. The highest BCUT2D eigenvalue weighted by Crippen LogP contribution is 2.20. The molecule has 1 aromatic carbocycles. The Bertz CT molecular complexity index is 557. The number of benzene rings is 1. The van der Waals surface area contributed by atoms with Gasteiger partial charge in [-0.05, 0) is 37.7 Å². The van der Waals surface area contributed by atoms with Crippen molar-refractivity contribution in [1.82, 2.24) is 9.88 Å². The van der Waals surface area contributed by atoms with Crippen molar-refractivity contribution in [1.29, 1.82) is 0 Å². The van der Waals surface area contributed by atoms with Crippen molar-refractivity contribution < 1.29 is 0 Å². The molecule has 0 atom stereocenters. The van der Waals surface area contributed by atoms with Crippen LogP contribution in [0.4, 0.5) is 5.82 Å². The molecule has 1 aromatic heterocycles. The van der Waals surface area contributed by atoms with Crippen LogP contribution < -0.4 is 4.90 Å². The van der Waals surface area contributed by atoms with Gasteiger partial charge in [0.25, 0.3) is 0 Å². The second-order valence-corrected chi connectivity index (χ2v) is 5.16. The first-order valence-electron chi connectivity index (χ1n) is 6.53. The Morgan fingerprint density at radius 3 is 2.50 bits per heavy atom. The van der Waals surface area contributed by atoms with E-state index < -0.39 is 0 Å². The summed E-state index contributed by atoms with van der Waals surface area (Å²) in [5.41, 5.74) is 2.37. The summed E-state index contributed by atoms with van der Waals surface area (Å²) < 4.78 is 0. The van der Waals surface area contributed by atoms with Crippen LogP contribution >= 0.6 is 0 Å². The van der Waals surface area contributed by atoms with E-state index in [1.807, 2.05) is 0 Å². The summed E-state index contributed by atoms with van der Waals surface area (Å²) in [7, 11) is 2.18. The zero-order valence-corrected chi connectivity index (χ0v) is 11.1. The van der Waals surface area contributed by atoms with Gasteiger partial charge in [0.05, 0.1) is 5.52 Å². The molecule has 3 heteroatoms. The summed E-state index contributed by atoms with van der Waals surface area (Å²) >= 11 is 0. The van der Waals surface area contributed by atoms with Crippen molar-refractivity contribution in [3.8, 4) is 0 Å². The second kappa shape index (κ2) is 4.58. The van der Waals surface area contributed by atoms with Crippen molar-refractivity contribution in [2.75, 3.05) is 38.1 Å². The van der Waals surface area contributed by atoms with Gasteiger partial charge in [-0.3, -0.25) is 0 Å². The van der Waals surface area contributed by atoms with E-state index in [9.17, 15) is 0 Å². The van der Waals surface area contributed by atoms with Crippen LogP contribution in [0.1, 0.15) is 5.56 Å². The third-order valence-electron chi connectivity index (χ3n) is 3.66.